The average Bonchev–Trinajstić information content (AvgIpc) is 2.16. The maximum absolute atomic E-state index is 11.6. The molecule has 0 aromatic heterocycles. The summed E-state index contributed by atoms with van der Waals surface area (Å²) in [7, 11) is 0. The van der Waals surface area contributed by atoms with Crippen LogP contribution in [0.2, 0.25) is 0 Å². The first-order chi connectivity index (χ1) is 7.42. The molecular formula is C11H22N2O2S. The number of rotatable bonds is 4. The Morgan fingerprint density at radius 1 is 1.31 bits per heavy atom. The van der Waals surface area contributed by atoms with E-state index in [-0.39, 0.29) is 5.91 Å². The molecule has 0 atom stereocenters. The van der Waals surface area contributed by atoms with E-state index >= 15 is 0 Å². The van der Waals surface area contributed by atoms with Crippen molar-refractivity contribution < 1.29 is 9.90 Å². The Hall–Kier alpha value is -0.260. The summed E-state index contributed by atoms with van der Waals surface area (Å²) in [4.78, 5) is 15.8. The van der Waals surface area contributed by atoms with Gasteiger partial charge in [-0.2, -0.15) is 11.8 Å². The SMILES string of the molecule is CSCC(=O)N1CCN(CC(C)(C)O)CC1. The van der Waals surface area contributed by atoms with Gasteiger partial charge in [-0.05, 0) is 20.1 Å². The lowest BCUT2D eigenvalue weighted by Gasteiger charge is -2.37. The van der Waals surface area contributed by atoms with Gasteiger partial charge in [0.15, 0.2) is 0 Å². The molecule has 0 aromatic rings. The van der Waals surface area contributed by atoms with Gasteiger partial charge in [0.1, 0.15) is 0 Å². The molecule has 0 aromatic carbocycles. The van der Waals surface area contributed by atoms with Crippen LogP contribution in [-0.2, 0) is 4.79 Å². The van der Waals surface area contributed by atoms with Gasteiger partial charge in [0.2, 0.25) is 5.91 Å². The van der Waals surface area contributed by atoms with Crippen LogP contribution in [0.4, 0.5) is 0 Å². The second kappa shape index (κ2) is 5.89. The fourth-order valence-electron chi connectivity index (χ4n) is 1.92. The fourth-order valence-corrected chi connectivity index (χ4v) is 2.35. The van der Waals surface area contributed by atoms with Crippen LogP contribution in [0.5, 0.6) is 0 Å². The number of amides is 1. The normalized spacial score (nSPS) is 18.9. The molecule has 1 aliphatic heterocycles. The van der Waals surface area contributed by atoms with Gasteiger partial charge in [-0.15, -0.1) is 0 Å². The molecule has 4 nitrogen and oxygen atoms in total. The third-order valence-corrected chi connectivity index (χ3v) is 3.14. The molecule has 1 aliphatic rings. The Morgan fingerprint density at radius 3 is 2.31 bits per heavy atom. The molecule has 16 heavy (non-hydrogen) atoms. The quantitative estimate of drug-likeness (QED) is 0.773. The van der Waals surface area contributed by atoms with E-state index in [1.165, 1.54) is 0 Å². The summed E-state index contributed by atoms with van der Waals surface area (Å²) in [6, 6.07) is 0. The zero-order valence-corrected chi connectivity index (χ0v) is 11.2. The summed E-state index contributed by atoms with van der Waals surface area (Å²) in [5.41, 5.74) is -0.647. The Bertz CT molecular complexity index is 233. The minimum atomic E-state index is -0.647. The van der Waals surface area contributed by atoms with Gasteiger partial charge in [0.05, 0.1) is 11.4 Å². The van der Waals surface area contributed by atoms with Crippen molar-refractivity contribution in [3.8, 4) is 0 Å². The topological polar surface area (TPSA) is 43.8 Å². The minimum Gasteiger partial charge on any atom is -0.389 e. The van der Waals surface area contributed by atoms with Gasteiger partial charge in [-0.3, -0.25) is 9.69 Å². The van der Waals surface area contributed by atoms with Crippen molar-refractivity contribution in [2.45, 2.75) is 19.4 Å². The van der Waals surface area contributed by atoms with Crippen LogP contribution in [0, 0.1) is 0 Å². The van der Waals surface area contributed by atoms with Crippen LogP contribution in [-0.4, -0.2) is 71.1 Å². The molecule has 1 heterocycles. The van der Waals surface area contributed by atoms with Gasteiger partial charge in [0, 0.05) is 32.7 Å². The monoisotopic (exact) mass is 246 g/mol. The van der Waals surface area contributed by atoms with Gasteiger partial charge in [0.25, 0.3) is 0 Å². The van der Waals surface area contributed by atoms with Crippen LogP contribution in [0.15, 0.2) is 0 Å². The highest BCUT2D eigenvalue weighted by molar-refractivity contribution is 7.99. The van der Waals surface area contributed by atoms with Gasteiger partial charge in [-0.1, -0.05) is 0 Å². The van der Waals surface area contributed by atoms with Gasteiger partial charge < -0.3 is 10.0 Å². The van der Waals surface area contributed by atoms with E-state index < -0.39 is 5.60 Å². The zero-order valence-electron chi connectivity index (χ0n) is 10.4. The summed E-state index contributed by atoms with van der Waals surface area (Å²) in [5, 5.41) is 9.70. The number of nitrogens with zero attached hydrogens (tertiary/aromatic N) is 2. The number of carbonyl (C=O) groups is 1. The molecule has 1 amide bonds. The molecule has 0 spiro atoms. The highest BCUT2D eigenvalue weighted by atomic mass is 32.2. The van der Waals surface area contributed by atoms with E-state index in [9.17, 15) is 9.90 Å². The van der Waals surface area contributed by atoms with E-state index in [0.29, 0.717) is 12.3 Å². The third kappa shape index (κ3) is 4.72. The van der Waals surface area contributed by atoms with Crippen molar-refractivity contribution in [2.75, 3.05) is 44.7 Å². The van der Waals surface area contributed by atoms with E-state index in [4.69, 9.17) is 0 Å². The molecule has 5 heteroatoms. The Kier molecular flexibility index (Phi) is 5.08. The van der Waals surface area contributed by atoms with E-state index in [0.717, 1.165) is 26.2 Å². The van der Waals surface area contributed by atoms with Crippen LogP contribution in [0.25, 0.3) is 0 Å². The molecule has 1 rings (SSSR count). The summed E-state index contributed by atoms with van der Waals surface area (Å²) in [5.74, 6) is 0.807. The predicted molar refractivity (Wildman–Crippen MR) is 67.7 cm³/mol. The van der Waals surface area contributed by atoms with Crippen molar-refractivity contribution in [1.82, 2.24) is 9.80 Å². The third-order valence-electron chi connectivity index (χ3n) is 2.60. The van der Waals surface area contributed by atoms with Crippen molar-refractivity contribution in [3.63, 3.8) is 0 Å². The number of β-amino-alcohol motifs (C(OH)–C–C–N with tert-alkyl or cyclic N) is 1. The number of aliphatic hydroxyl groups is 1. The predicted octanol–water partition coefficient (Wildman–Crippen LogP) is 0.264. The zero-order chi connectivity index (χ0) is 12.2. The van der Waals surface area contributed by atoms with Crippen LogP contribution >= 0.6 is 11.8 Å². The van der Waals surface area contributed by atoms with Crippen molar-refractivity contribution >= 4 is 17.7 Å². The number of thioether (sulfide) groups is 1. The maximum Gasteiger partial charge on any atom is 0.232 e. The summed E-state index contributed by atoms with van der Waals surface area (Å²) < 4.78 is 0. The summed E-state index contributed by atoms with van der Waals surface area (Å²) in [6.45, 7) is 7.62. The lowest BCUT2D eigenvalue weighted by Crippen LogP contribution is -2.52. The van der Waals surface area contributed by atoms with Crippen molar-refractivity contribution in [3.05, 3.63) is 0 Å². The van der Waals surface area contributed by atoms with E-state index in [1.807, 2.05) is 25.0 Å². The van der Waals surface area contributed by atoms with Crippen LogP contribution < -0.4 is 0 Å². The Labute approximate surface area is 102 Å². The molecule has 1 N–H and O–H groups in total. The highest BCUT2D eigenvalue weighted by Crippen LogP contribution is 2.09. The fraction of sp³-hybridized carbons (Fsp3) is 0.909. The van der Waals surface area contributed by atoms with Gasteiger partial charge >= 0.3 is 0 Å². The lowest BCUT2D eigenvalue weighted by molar-refractivity contribution is -0.130. The van der Waals surface area contributed by atoms with Crippen molar-refractivity contribution in [2.24, 2.45) is 0 Å². The minimum absolute atomic E-state index is 0.232. The van der Waals surface area contributed by atoms with Crippen molar-refractivity contribution in [1.29, 1.82) is 0 Å². The van der Waals surface area contributed by atoms with Crippen LogP contribution in [0.1, 0.15) is 13.8 Å². The molecule has 1 fully saturated rings. The van der Waals surface area contributed by atoms with E-state index in [2.05, 4.69) is 4.90 Å². The smallest absolute Gasteiger partial charge is 0.232 e. The summed E-state index contributed by atoms with van der Waals surface area (Å²) >= 11 is 1.57. The van der Waals surface area contributed by atoms with Gasteiger partial charge in [-0.25, -0.2) is 0 Å². The first-order valence-electron chi connectivity index (χ1n) is 5.64. The number of piperazine rings is 1. The molecule has 0 unspecified atom stereocenters. The Morgan fingerprint density at radius 2 is 1.88 bits per heavy atom. The first kappa shape index (κ1) is 13.8. The molecule has 1 saturated heterocycles. The number of carbonyl (C=O) groups excluding carboxylic acids is 1. The second-order valence-corrected chi connectivity index (χ2v) is 5.77. The van der Waals surface area contributed by atoms with Crippen LogP contribution in [0.3, 0.4) is 0 Å². The second-order valence-electron chi connectivity index (χ2n) is 4.90. The molecule has 0 radical (unpaired) electrons. The largest absolute Gasteiger partial charge is 0.389 e. The number of hydrogen-bond acceptors (Lipinski definition) is 4. The molecule has 0 bridgehead atoms. The molecule has 0 saturated carbocycles. The highest BCUT2D eigenvalue weighted by Gasteiger charge is 2.24. The molecule has 94 valence electrons. The maximum atomic E-state index is 11.6. The standard InChI is InChI=1S/C11H22N2O2S/c1-11(2,15)9-12-4-6-13(7-5-12)10(14)8-16-3/h15H,4-9H2,1-3H3. The molecular weight excluding hydrogens is 224 g/mol. The lowest BCUT2D eigenvalue weighted by atomic mass is 10.1. The van der Waals surface area contributed by atoms with E-state index in [1.54, 1.807) is 11.8 Å². The number of hydrogen-bond donors (Lipinski definition) is 1. The average molecular weight is 246 g/mol. The summed E-state index contributed by atoms with van der Waals surface area (Å²) in [6.07, 6.45) is 1.95. The molecule has 0 aliphatic carbocycles. The first-order valence-corrected chi connectivity index (χ1v) is 7.03. The Balaban J connectivity index is 2.31.